The molecule has 1 aromatic carbocycles. The van der Waals surface area contributed by atoms with E-state index in [4.69, 9.17) is 5.41 Å². The molecule has 1 amide bonds. The first-order valence-electron chi connectivity index (χ1n) is 12.2. The summed E-state index contributed by atoms with van der Waals surface area (Å²) in [5.74, 6) is -1.37. The maximum Gasteiger partial charge on any atom is 0.272 e. The summed E-state index contributed by atoms with van der Waals surface area (Å²) in [6, 6.07) is 5.45. The molecule has 2 aromatic heterocycles. The smallest absolute Gasteiger partial charge is 0.272 e. The van der Waals surface area contributed by atoms with Gasteiger partial charge in [-0.2, -0.15) is 0 Å². The van der Waals surface area contributed by atoms with Crippen LogP contribution in [0.1, 0.15) is 54.9 Å². The van der Waals surface area contributed by atoms with Crippen molar-refractivity contribution in [3.63, 3.8) is 0 Å². The molecule has 3 aliphatic rings. The third-order valence-electron chi connectivity index (χ3n) is 7.77. The minimum atomic E-state index is -0.915. The molecular weight excluding hydrogens is 468 g/mol. The van der Waals surface area contributed by atoms with Crippen LogP contribution in [-0.2, 0) is 12.0 Å². The minimum absolute atomic E-state index is 0.0146. The van der Waals surface area contributed by atoms with Crippen LogP contribution in [0.15, 0.2) is 24.3 Å². The van der Waals surface area contributed by atoms with E-state index in [0.29, 0.717) is 30.9 Å². The number of benzene rings is 1. The fourth-order valence-corrected chi connectivity index (χ4v) is 5.69. The highest BCUT2D eigenvalue weighted by atomic mass is 19.1. The topological polar surface area (TPSA) is 119 Å². The molecule has 4 atom stereocenters. The Morgan fingerprint density at radius 2 is 2.06 bits per heavy atom. The van der Waals surface area contributed by atoms with E-state index in [1.54, 1.807) is 19.1 Å². The standard InChI is InChI=1S/C25H27F2N7O2/c1-12-3-4-13(11-33(12)23(35)19-6-5-16-18(29-19)7-8-25(16,2)36)21-31-22-15-9-14(26)10-17(27)20(15)30-24(28)34(22)32-21/h5-6,9-10,12-13,21,28,31-32,36H,3-4,7-8,11H2,1-2H3/t12-,13+,21?,25?/m0/s1. The van der Waals surface area contributed by atoms with Gasteiger partial charge in [0.15, 0.2) is 5.82 Å². The lowest BCUT2D eigenvalue weighted by Gasteiger charge is -2.40. The molecule has 2 aliphatic heterocycles. The average molecular weight is 496 g/mol. The Hall–Kier alpha value is -3.60. The molecule has 6 rings (SSSR count). The number of nitrogens with one attached hydrogen (secondary N) is 3. The van der Waals surface area contributed by atoms with Crippen LogP contribution in [0.25, 0.3) is 10.9 Å². The summed E-state index contributed by atoms with van der Waals surface area (Å²) in [7, 11) is 0. The fourth-order valence-electron chi connectivity index (χ4n) is 5.69. The quantitative estimate of drug-likeness (QED) is 0.434. The van der Waals surface area contributed by atoms with E-state index in [9.17, 15) is 18.7 Å². The van der Waals surface area contributed by atoms with E-state index in [2.05, 4.69) is 20.7 Å². The molecule has 36 heavy (non-hydrogen) atoms. The molecule has 9 nitrogen and oxygen atoms in total. The van der Waals surface area contributed by atoms with E-state index < -0.39 is 17.2 Å². The number of halogens is 2. The van der Waals surface area contributed by atoms with Crippen molar-refractivity contribution in [1.82, 2.24) is 19.5 Å². The Morgan fingerprint density at radius 1 is 1.25 bits per heavy atom. The highest BCUT2D eigenvalue weighted by Crippen LogP contribution is 2.36. The first-order chi connectivity index (χ1) is 17.1. The number of pyridine rings is 1. The van der Waals surface area contributed by atoms with Crippen molar-refractivity contribution in [1.29, 1.82) is 5.41 Å². The van der Waals surface area contributed by atoms with Gasteiger partial charge in [-0.05, 0) is 51.7 Å². The zero-order chi connectivity index (χ0) is 25.4. The highest BCUT2D eigenvalue weighted by Gasteiger charge is 2.38. The molecule has 1 saturated heterocycles. The van der Waals surface area contributed by atoms with Crippen molar-refractivity contribution in [3.8, 4) is 0 Å². The van der Waals surface area contributed by atoms with Gasteiger partial charge in [0.25, 0.3) is 5.91 Å². The Balaban J connectivity index is 1.26. The molecule has 2 unspecified atom stereocenters. The highest BCUT2D eigenvalue weighted by molar-refractivity contribution is 5.93. The number of rotatable bonds is 2. The van der Waals surface area contributed by atoms with E-state index in [-0.39, 0.29) is 40.6 Å². The zero-order valence-electron chi connectivity index (χ0n) is 20.0. The van der Waals surface area contributed by atoms with Gasteiger partial charge in [-0.25, -0.2) is 23.4 Å². The Labute approximate surface area is 205 Å². The van der Waals surface area contributed by atoms with Gasteiger partial charge in [-0.1, -0.05) is 6.07 Å². The molecule has 0 spiro atoms. The Bertz CT molecular complexity index is 1470. The van der Waals surface area contributed by atoms with Crippen molar-refractivity contribution in [2.24, 2.45) is 5.92 Å². The number of carbonyl (C=O) groups is 1. The largest absolute Gasteiger partial charge is 0.385 e. The van der Waals surface area contributed by atoms with Crippen LogP contribution in [0.2, 0.25) is 0 Å². The number of amides is 1. The molecule has 11 heteroatoms. The second-order valence-corrected chi connectivity index (χ2v) is 10.3. The summed E-state index contributed by atoms with van der Waals surface area (Å²) in [5.41, 5.74) is 3.90. The van der Waals surface area contributed by atoms with Crippen LogP contribution in [0.5, 0.6) is 0 Å². The number of anilines is 1. The van der Waals surface area contributed by atoms with Crippen LogP contribution < -0.4 is 16.4 Å². The van der Waals surface area contributed by atoms with Gasteiger partial charge >= 0.3 is 0 Å². The number of likely N-dealkylation sites (tertiary alicyclic amines) is 1. The van der Waals surface area contributed by atoms with Gasteiger partial charge in [0.2, 0.25) is 5.62 Å². The Kier molecular flexibility index (Phi) is 5.05. The predicted molar refractivity (Wildman–Crippen MR) is 128 cm³/mol. The van der Waals surface area contributed by atoms with E-state index >= 15 is 0 Å². The summed E-state index contributed by atoms with van der Waals surface area (Å²) in [4.78, 5) is 23.9. The van der Waals surface area contributed by atoms with Gasteiger partial charge in [0.1, 0.15) is 29.0 Å². The number of hydrogen-bond donors (Lipinski definition) is 4. The second-order valence-electron chi connectivity index (χ2n) is 10.3. The van der Waals surface area contributed by atoms with Gasteiger partial charge in [0, 0.05) is 41.2 Å². The van der Waals surface area contributed by atoms with Crippen molar-refractivity contribution >= 4 is 22.6 Å². The normalized spacial score (nSPS) is 26.9. The van der Waals surface area contributed by atoms with Crippen molar-refractivity contribution in [2.45, 2.75) is 57.3 Å². The number of aromatic nitrogens is 3. The lowest BCUT2D eigenvalue weighted by molar-refractivity contribution is 0.0539. The van der Waals surface area contributed by atoms with Crippen LogP contribution >= 0.6 is 0 Å². The maximum absolute atomic E-state index is 14.3. The number of piperidine rings is 1. The molecule has 4 heterocycles. The van der Waals surface area contributed by atoms with Gasteiger partial charge in [0.05, 0.1) is 5.60 Å². The molecular formula is C25H27F2N7O2. The molecule has 0 bridgehead atoms. The minimum Gasteiger partial charge on any atom is -0.385 e. The molecule has 188 valence electrons. The number of aliphatic hydroxyl groups is 1. The number of nitrogens with zero attached hydrogens (tertiary/aromatic N) is 4. The molecule has 1 aliphatic carbocycles. The fraction of sp³-hybridized carbons (Fsp3) is 0.440. The van der Waals surface area contributed by atoms with Crippen LogP contribution in [0, 0.1) is 23.0 Å². The molecule has 4 N–H and O–H groups in total. The maximum atomic E-state index is 14.3. The number of hydrogen-bond acceptors (Lipinski definition) is 7. The second kappa shape index (κ2) is 7.95. The van der Waals surface area contributed by atoms with Crippen LogP contribution in [-0.4, -0.2) is 49.3 Å². The first-order valence-corrected chi connectivity index (χ1v) is 12.2. The van der Waals surface area contributed by atoms with Crippen LogP contribution in [0.3, 0.4) is 0 Å². The third-order valence-corrected chi connectivity index (χ3v) is 7.77. The lowest BCUT2D eigenvalue weighted by Crippen LogP contribution is -2.51. The van der Waals surface area contributed by atoms with Gasteiger partial charge in [-0.3, -0.25) is 15.6 Å². The molecule has 0 saturated carbocycles. The van der Waals surface area contributed by atoms with E-state index in [0.717, 1.165) is 30.2 Å². The van der Waals surface area contributed by atoms with Crippen molar-refractivity contribution in [3.05, 3.63) is 58.5 Å². The number of fused-ring (bicyclic) bond motifs is 4. The SMILES string of the molecule is C[C@H]1CC[C@@H](C2Nc3c4cc(F)cc(F)c4nc(=N)n3N2)CN1C(=O)c1ccc2c(n1)CCC2(C)O. The van der Waals surface area contributed by atoms with E-state index in [1.165, 1.54) is 10.7 Å². The number of carbonyl (C=O) groups excluding carboxylic acids is 1. The van der Waals surface area contributed by atoms with Gasteiger partial charge < -0.3 is 15.3 Å². The molecule has 3 aromatic rings. The van der Waals surface area contributed by atoms with E-state index in [1.807, 2.05) is 11.8 Å². The number of aryl methyl sites for hydroxylation is 1. The molecule has 1 fully saturated rings. The zero-order valence-corrected chi connectivity index (χ0v) is 20.0. The summed E-state index contributed by atoms with van der Waals surface area (Å²) >= 11 is 0. The van der Waals surface area contributed by atoms with Crippen molar-refractivity contribution in [2.75, 3.05) is 17.3 Å². The monoisotopic (exact) mass is 495 g/mol. The average Bonchev–Trinajstić information content (AvgIpc) is 3.42. The summed E-state index contributed by atoms with van der Waals surface area (Å²) < 4.78 is 29.7. The molecule has 0 radical (unpaired) electrons. The summed E-state index contributed by atoms with van der Waals surface area (Å²) in [6.45, 7) is 4.22. The predicted octanol–water partition coefficient (Wildman–Crippen LogP) is 2.58. The van der Waals surface area contributed by atoms with Gasteiger partial charge in [-0.15, -0.1) is 0 Å². The van der Waals surface area contributed by atoms with Crippen LogP contribution in [0.4, 0.5) is 14.6 Å². The van der Waals surface area contributed by atoms with Crippen molar-refractivity contribution < 1.29 is 18.7 Å². The summed E-state index contributed by atoms with van der Waals surface area (Å²) in [6.07, 6.45) is 2.44. The first kappa shape index (κ1) is 22.8. The Morgan fingerprint density at radius 3 is 2.86 bits per heavy atom. The summed E-state index contributed by atoms with van der Waals surface area (Å²) in [5, 5.41) is 22.3. The lowest BCUT2D eigenvalue weighted by atomic mass is 9.90. The third kappa shape index (κ3) is 3.52.